The molecule has 2 aromatic rings. The van der Waals surface area contributed by atoms with Gasteiger partial charge in [-0.15, -0.1) is 0 Å². The molecule has 0 aliphatic carbocycles. The number of rotatable bonds is 2. The SMILES string of the molecule is CC(C)c1cccc2cccc(C(O)C(F)(F)F)c12. The molecule has 1 atom stereocenters. The molecule has 102 valence electrons. The van der Waals surface area contributed by atoms with Crippen molar-refractivity contribution in [2.45, 2.75) is 32.0 Å². The van der Waals surface area contributed by atoms with Crippen molar-refractivity contribution >= 4 is 10.8 Å². The van der Waals surface area contributed by atoms with Crippen LogP contribution in [0.3, 0.4) is 0 Å². The monoisotopic (exact) mass is 268 g/mol. The minimum atomic E-state index is -4.65. The molecule has 0 bridgehead atoms. The Balaban J connectivity index is 2.74. The molecule has 2 aromatic carbocycles. The maximum Gasteiger partial charge on any atom is 0.418 e. The zero-order valence-electron chi connectivity index (χ0n) is 10.7. The summed E-state index contributed by atoms with van der Waals surface area (Å²) in [4.78, 5) is 0. The minimum absolute atomic E-state index is 0.0747. The molecular weight excluding hydrogens is 253 g/mol. The van der Waals surface area contributed by atoms with Crippen molar-refractivity contribution in [3.05, 3.63) is 47.5 Å². The first-order chi connectivity index (χ1) is 8.82. The van der Waals surface area contributed by atoms with Crippen LogP contribution in [0.15, 0.2) is 36.4 Å². The summed E-state index contributed by atoms with van der Waals surface area (Å²) in [6, 6.07) is 10.0. The van der Waals surface area contributed by atoms with Crippen molar-refractivity contribution in [1.29, 1.82) is 0 Å². The summed E-state index contributed by atoms with van der Waals surface area (Å²) in [5, 5.41) is 10.8. The van der Waals surface area contributed by atoms with Crippen LogP contribution in [0.25, 0.3) is 10.8 Å². The van der Waals surface area contributed by atoms with E-state index in [0.717, 1.165) is 5.56 Å². The summed E-state index contributed by atoms with van der Waals surface area (Å²) in [6.07, 6.45) is -7.10. The van der Waals surface area contributed by atoms with Gasteiger partial charge >= 0.3 is 6.18 Å². The fourth-order valence-electron chi connectivity index (χ4n) is 2.29. The van der Waals surface area contributed by atoms with Gasteiger partial charge in [0, 0.05) is 0 Å². The smallest absolute Gasteiger partial charge is 0.379 e. The van der Waals surface area contributed by atoms with Gasteiger partial charge in [-0.05, 0) is 27.8 Å². The molecule has 0 heterocycles. The number of alkyl halides is 3. The molecule has 0 saturated carbocycles. The van der Waals surface area contributed by atoms with Crippen LogP contribution < -0.4 is 0 Å². The van der Waals surface area contributed by atoms with Gasteiger partial charge in [0.25, 0.3) is 0 Å². The van der Waals surface area contributed by atoms with Crippen LogP contribution in [0.4, 0.5) is 13.2 Å². The fraction of sp³-hybridized carbons (Fsp3) is 0.333. The lowest BCUT2D eigenvalue weighted by atomic mass is 9.91. The van der Waals surface area contributed by atoms with Crippen molar-refractivity contribution in [3.8, 4) is 0 Å². The van der Waals surface area contributed by atoms with Gasteiger partial charge in [0.1, 0.15) is 0 Å². The van der Waals surface area contributed by atoms with E-state index in [0.29, 0.717) is 10.8 Å². The molecule has 1 nitrogen and oxygen atoms in total. The Labute approximate surface area is 109 Å². The molecule has 0 fully saturated rings. The lowest BCUT2D eigenvalue weighted by Crippen LogP contribution is -2.20. The van der Waals surface area contributed by atoms with Crippen molar-refractivity contribution in [2.75, 3.05) is 0 Å². The van der Waals surface area contributed by atoms with Crippen LogP contribution in [0.5, 0.6) is 0 Å². The lowest BCUT2D eigenvalue weighted by molar-refractivity contribution is -0.206. The van der Waals surface area contributed by atoms with Crippen molar-refractivity contribution in [3.63, 3.8) is 0 Å². The maximum absolute atomic E-state index is 12.7. The van der Waals surface area contributed by atoms with E-state index >= 15 is 0 Å². The summed E-state index contributed by atoms with van der Waals surface area (Å²) in [5.74, 6) is 0.0882. The van der Waals surface area contributed by atoms with Crippen molar-refractivity contribution in [1.82, 2.24) is 0 Å². The van der Waals surface area contributed by atoms with Crippen molar-refractivity contribution in [2.24, 2.45) is 0 Å². The third-order valence-electron chi connectivity index (χ3n) is 3.20. The quantitative estimate of drug-likeness (QED) is 0.846. The van der Waals surface area contributed by atoms with E-state index in [-0.39, 0.29) is 11.5 Å². The number of benzene rings is 2. The number of hydrogen-bond acceptors (Lipinski definition) is 1. The second kappa shape index (κ2) is 4.85. The second-order valence-electron chi connectivity index (χ2n) is 4.89. The highest BCUT2D eigenvalue weighted by molar-refractivity contribution is 5.89. The van der Waals surface area contributed by atoms with Crippen LogP contribution >= 0.6 is 0 Å². The van der Waals surface area contributed by atoms with Crippen LogP contribution in [-0.4, -0.2) is 11.3 Å². The number of halogens is 3. The molecule has 0 aliphatic heterocycles. The average molecular weight is 268 g/mol. The minimum Gasteiger partial charge on any atom is -0.379 e. The van der Waals surface area contributed by atoms with E-state index in [9.17, 15) is 18.3 Å². The van der Waals surface area contributed by atoms with Gasteiger partial charge in [-0.3, -0.25) is 0 Å². The standard InChI is InChI=1S/C15H15F3O/c1-9(2)11-7-3-5-10-6-4-8-12(13(10)11)14(19)15(16,17)18/h3-9,14,19H,1-2H3. The number of aliphatic hydroxyl groups is 1. The topological polar surface area (TPSA) is 20.2 Å². The molecule has 19 heavy (non-hydrogen) atoms. The Hall–Kier alpha value is -1.55. The van der Waals surface area contributed by atoms with E-state index in [1.165, 1.54) is 12.1 Å². The van der Waals surface area contributed by atoms with Gasteiger partial charge in [0.05, 0.1) is 0 Å². The summed E-state index contributed by atoms with van der Waals surface area (Å²) in [5.41, 5.74) is 0.741. The van der Waals surface area contributed by atoms with Crippen LogP contribution in [0, 0.1) is 0 Å². The molecule has 1 unspecified atom stereocenters. The fourth-order valence-corrected chi connectivity index (χ4v) is 2.29. The Kier molecular flexibility index (Phi) is 3.54. The number of aliphatic hydroxyl groups excluding tert-OH is 1. The van der Waals surface area contributed by atoms with E-state index in [1.807, 2.05) is 19.9 Å². The molecule has 0 saturated heterocycles. The van der Waals surface area contributed by atoms with Gasteiger partial charge in [0.2, 0.25) is 0 Å². The predicted molar refractivity (Wildman–Crippen MR) is 69.1 cm³/mol. The normalized spacial score (nSPS) is 14.1. The maximum atomic E-state index is 12.7. The molecule has 0 aromatic heterocycles. The second-order valence-corrected chi connectivity index (χ2v) is 4.89. The van der Waals surface area contributed by atoms with Crippen LogP contribution in [0.1, 0.15) is 37.0 Å². The van der Waals surface area contributed by atoms with Gasteiger partial charge < -0.3 is 5.11 Å². The van der Waals surface area contributed by atoms with E-state index in [2.05, 4.69) is 0 Å². The highest BCUT2D eigenvalue weighted by Gasteiger charge is 2.40. The van der Waals surface area contributed by atoms with E-state index < -0.39 is 12.3 Å². The molecule has 1 N–H and O–H groups in total. The molecular formula is C15H15F3O. The predicted octanol–water partition coefficient (Wildman–Crippen LogP) is 4.56. The van der Waals surface area contributed by atoms with Gasteiger partial charge in [-0.2, -0.15) is 13.2 Å². The molecule has 0 spiro atoms. The summed E-state index contributed by atoms with van der Waals surface area (Å²) in [6.45, 7) is 3.84. The molecule has 0 aliphatic rings. The molecule has 4 heteroatoms. The number of hydrogen-bond donors (Lipinski definition) is 1. The number of fused-ring (bicyclic) bond motifs is 1. The van der Waals surface area contributed by atoms with Crippen LogP contribution in [0.2, 0.25) is 0 Å². The van der Waals surface area contributed by atoms with Crippen molar-refractivity contribution < 1.29 is 18.3 Å². The van der Waals surface area contributed by atoms with Gasteiger partial charge in [-0.1, -0.05) is 50.2 Å². The first-order valence-corrected chi connectivity index (χ1v) is 6.08. The Morgan fingerprint density at radius 2 is 1.47 bits per heavy atom. The summed E-state index contributed by atoms with van der Waals surface area (Å²) < 4.78 is 38.2. The van der Waals surface area contributed by atoms with Gasteiger partial charge in [-0.25, -0.2) is 0 Å². The summed E-state index contributed by atoms with van der Waals surface area (Å²) in [7, 11) is 0. The molecule has 0 amide bonds. The zero-order valence-corrected chi connectivity index (χ0v) is 10.7. The van der Waals surface area contributed by atoms with E-state index in [4.69, 9.17) is 0 Å². The summed E-state index contributed by atoms with van der Waals surface area (Å²) >= 11 is 0. The lowest BCUT2D eigenvalue weighted by Gasteiger charge is -2.19. The Bertz CT molecular complexity index is 582. The zero-order chi connectivity index (χ0) is 14.2. The largest absolute Gasteiger partial charge is 0.418 e. The third-order valence-corrected chi connectivity index (χ3v) is 3.20. The Morgan fingerprint density at radius 3 is 1.95 bits per heavy atom. The highest BCUT2D eigenvalue weighted by Crippen LogP contribution is 2.38. The van der Waals surface area contributed by atoms with Crippen LogP contribution in [-0.2, 0) is 0 Å². The first kappa shape index (κ1) is 13.9. The molecule has 0 radical (unpaired) electrons. The van der Waals surface area contributed by atoms with E-state index in [1.54, 1.807) is 18.2 Å². The molecule has 2 rings (SSSR count). The van der Waals surface area contributed by atoms with Gasteiger partial charge in [0.15, 0.2) is 6.10 Å². The highest BCUT2D eigenvalue weighted by atomic mass is 19.4. The Morgan fingerprint density at radius 1 is 0.947 bits per heavy atom. The first-order valence-electron chi connectivity index (χ1n) is 6.08. The average Bonchev–Trinajstić information content (AvgIpc) is 2.35. The third kappa shape index (κ3) is 2.59.